The van der Waals surface area contributed by atoms with Crippen LogP contribution in [-0.2, 0) is 11.3 Å². The molecule has 114 valence electrons. The number of aromatic nitrogens is 3. The highest BCUT2D eigenvalue weighted by molar-refractivity contribution is 5.69. The number of rotatable bonds is 3. The zero-order valence-corrected chi connectivity index (χ0v) is 12.4. The maximum atomic E-state index is 12.3. The molecule has 1 saturated heterocycles. The van der Waals surface area contributed by atoms with Gasteiger partial charge in [-0.25, -0.2) is 4.79 Å². The lowest BCUT2D eigenvalue weighted by atomic mass is 10.2. The quantitative estimate of drug-likeness (QED) is 0.482. The smallest absolute Gasteiger partial charge is 0.410 e. The fourth-order valence-corrected chi connectivity index (χ4v) is 2.33. The number of carbonyl (C=O) groups is 1. The summed E-state index contributed by atoms with van der Waals surface area (Å²) in [7, 11) is 0. The summed E-state index contributed by atoms with van der Waals surface area (Å²) in [4.78, 5) is 16.7. The molecule has 9 heteroatoms. The summed E-state index contributed by atoms with van der Waals surface area (Å²) in [5, 5.41) is 11.2. The number of hydrogen-bond acceptors (Lipinski definition) is 5. The Kier molecular flexibility index (Phi) is 4.32. The van der Waals surface area contributed by atoms with E-state index in [1.807, 2.05) is 20.8 Å². The molecular weight excluding hydrogens is 274 g/mol. The standard InChI is InChI=1S/C12H19N7O2/c1-12(2,3)21-11(20)19-5-9(16-17-13)4-10(19)6-18-7-14-15-8-18/h7-10H,4-6H2,1-3H3/t9-,10+/m1/s1. The molecule has 21 heavy (non-hydrogen) atoms. The van der Waals surface area contributed by atoms with Gasteiger partial charge < -0.3 is 14.2 Å². The molecule has 0 unspecified atom stereocenters. The highest BCUT2D eigenvalue weighted by Crippen LogP contribution is 2.24. The summed E-state index contributed by atoms with van der Waals surface area (Å²) in [6.45, 7) is 6.37. The van der Waals surface area contributed by atoms with E-state index in [2.05, 4.69) is 20.2 Å². The van der Waals surface area contributed by atoms with Gasteiger partial charge in [-0.2, -0.15) is 0 Å². The Balaban J connectivity index is 2.10. The first-order chi connectivity index (χ1) is 9.89. The molecule has 2 rings (SSSR count). The van der Waals surface area contributed by atoms with Gasteiger partial charge in [-0.05, 0) is 32.7 Å². The van der Waals surface area contributed by atoms with Crippen molar-refractivity contribution in [2.75, 3.05) is 6.54 Å². The highest BCUT2D eigenvalue weighted by Gasteiger charge is 2.37. The van der Waals surface area contributed by atoms with E-state index in [-0.39, 0.29) is 12.1 Å². The molecule has 1 aliphatic rings. The zero-order chi connectivity index (χ0) is 15.5. The predicted octanol–water partition coefficient (Wildman–Crippen LogP) is 1.97. The Morgan fingerprint density at radius 3 is 2.71 bits per heavy atom. The Bertz CT molecular complexity index is 530. The van der Waals surface area contributed by atoms with Gasteiger partial charge in [0.25, 0.3) is 0 Å². The summed E-state index contributed by atoms with van der Waals surface area (Å²) in [5.41, 5.74) is 8.02. The number of ether oxygens (including phenoxy) is 1. The van der Waals surface area contributed by atoms with Gasteiger partial charge >= 0.3 is 6.09 Å². The van der Waals surface area contributed by atoms with E-state index in [1.54, 1.807) is 22.1 Å². The molecule has 0 radical (unpaired) electrons. The third kappa shape index (κ3) is 4.09. The summed E-state index contributed by atoms with van der Waals surface area (Å²) in [6, 6.07) is -0.338. The molecule has 0 saturated carbocycles. The van der Waals surface area contributed by atoms with Crippen LogP contribution < -0.4 is 0 Å². The molecule has 0 bridgehead atoms. The minimum Gasteiger partial charge on any atom is -0.444 e. The van der Waals surface area contributed by atoms with Gasteiger partial charge in [-0.1, -0.05) is 5.11 Å². The van der Waals surface area contributed by atoms with Gasteiger partial charge in [0, 0.05) is 18.0 Å². The molecule has 2 atom stereocenters. The molecule has 1 aromatic heterocycles. The number of carbonyl (C=O) groups excluding carboxylic acids is 1. The van der Waals surface area contributed by atoms with Crippen LogP contribution in [0.2, 0.25) is 0 Å². The second-order valence-corrected chi connectivity index (χ2v) is 6.04. The monoisotopic (exact) mass is 293 g/mol. The van der Waals surface area contributed by atoms with Crippen LogP contribution >= 0.6 is 0 Å². The van der Waals surface area contributed by atoms with Crippen LogP contribution in [-0.4, -0.2) is 50.0 Å². The molecule has 9 nitrogen and oxygen atoms in total. The van der Waals surface area contributed by atoms with E-state index < -0.39 is 11.7 Å². The van der Waals surface area contributed by atoms with Crippen molar-refractivity contribution in [3.8, 4) is 0 Å². The third-order valence-electron chi connectivity index (χ3n) is 3.12. The number of likely N-dealkylation sites (tertiary alicyclic amines) is 1. The lowest BCUT2D eigenvalue weighted by molar-refractivity contribution is 0.0212. The third-order valence-corrected chi connectivity index (χ3v) is 3.12. The maximum Gasteiger partial charge on any atom is 0.410 e. The van der Waals surface area contributed by atoms with Gasteiger partial charge in [0.1, 0.15) is 18.3 Å². The highest BCUT2D eigenvalue weighted by atomic mass is 16.6. The molecular formula is C12H19N7O2. The van der Waals surface area contributed by atoms with Gasteiger partial charge in [-0.15, -0.1) is 10.2 Å². The molecule has 0 spiro atoms. The number of nitrogens with zero attached hydrogens (tertiary/aromatic N) is 7. The Morgan fingerprint density at radius 1 is 1.48 bits per heavy atom. The second-order valence-electron chi connectivity index (χ2n) is 6.04. The first-order valence-electron chi connectivity index (χ1n) is 6.75. The van der Waals surface area contributed by atoms with Gasteiger partial charge in [0.15, 0.2) is 0 Å². The topological polar surface area (TPSA) is 109 Å². The molecule has 2 heterocycles. The molecule has 1 aliphatic heterocycles. The van der Waals surface area contributed by atoms with Crippen molar-refractivity contribution >= 4 is 6.09 Å². The summed E-state index contributed by atoms with van der Waals surface area (Å²) in [6.07, 6.45) is 3.39. The minimum atomic E-state index is -0.561. The van der Waals surface area contributed by atoms with E-state index in [0.717, 1.165) is 0 Å². The van der Waals surface area contributed by atoms with Crippen molar-refractivity contribution in [2.24, 2.45) is 5.11 Å². The van der Waals surface area contributed by atoms with Gasteiger partial charge in [0.2, 0.25) is 0 Å². The van der Waals surface area contributed by atoms with Crippen molar-refractivity contribution in [1.82, 2.24) is 19.7 Å². The van der Waals surface area contributed by atoms with Crippen molar-refractivity contribution in [2.45, 2.75) is 51.4 Å². The number of hydrogen-bond donors (Lipinski definition) is 0. The first-order valence-corrected chi connectivity index (χ1v) is 6.75. The molecule has 1 amide bonds. The number of azide groups is 1. The predicted molar refractivity (Wildman–Crippen MR) is 74.3 cm³/mol. The van der Waals surface area contributed by atoms with E-state index in [9.17, 15) is 4.79 Å². The SMILES string of the molecule is CC(C)(C)OC(=O)N1C[C@H](N=[N+]=[N-])C[C@H]1Cn1cnnc1. The van der Waals surface area contributed by atoms with Crippen molar-refractivity contribution in [3.63, 3.8) is 0 Å². The van der Waals surface area contributed by atoms with E-state index in [1.165, 1.54) is 0 Å². The number of amides is 1. The van der Waals surface area contributed by atoms with Crippen molar-refractivity contribution in [3.05, 3.63) is 23.1 Å². The largest absolute Gasteiger partial charge is 0.444 e. The molecule has 0 N–H and O–H groups in total. The molecule has 1 fully saturated rings. The average Bonchev–Trinajstić information content (AvgIpc) is 2.98. The Labute approximate surface area is 122 Å². The van der Waals surface area contributed by atoms with Gasteiger partial charge in [0.05, 0.1) is 12.1 Å². The lowest BCUT2D eigenvalue weighted by Gasteiger charge is -2.28. The summed E-state index contributed by atoms with van der Waals surface area (Å²) < 4.78 is 7.20. The van der Waals surface area contributed by atoms with E-state index in [4.69, 9.17) is 10.3 Å². The molecule has 1 aromatic rings. The molecule has 0 aliphatic carbocycles. The first kappa shape index (κ1) is 15.1. The van der Waals surface area contributed by atoms with Crippen LogP contribution in [0.15, 0.2) is 17.8 Å². The Hall–Kier alpha value is -2.28. The van der Waals surface area contributed by atoms with Crippen molar-refractivity contribution in [1.29, 1.82) is 0 Å². The summed E-state index contributed by atoms with van der Waals surface area (Å²) in [5.74, 6) is 0. The maximum absolute atomic E-state index is 12.3. The van der Waals surface area contributed by atoms with Crippen LogP contribution in [0.3, 0.4) is 0 Å². The fraction of sp³-hybridized carbons (Fsp3) is 0.750. The normalized spacial score (nSPS) is 22.0. The van der Waals surface area contributed by atoms with E-state index >= 15 is 0 Å². The lowest BCUT2D eigenvalue weighted by Crippen LogP contribution is -2.41. The van der Waals surface area contributed by atoms with Crippen LogP contribution in [0, 0.1) is 0 Å². The van der Waals surface area contributed by atoms with Crippen molar-refractivity contribution < 1.29 is 9.53 Å². The fourth-order valence-electron chi connectivity index (χ4n) is 2.33. The van der Waals surface area contributed by atoms with Crippen LogP contribution in [0.1, 0.15) is 27.2 Å². The zero-order valence-electron chi connectivity index (χ0n) is 12.4. The summed E-state index contributed by atoms with van der Waals surface area (Å²) >= 11 is 0. The Morgan fingerprint density at radius 2 is 2.14 bits per heavy atom. The molecule has 0 aromatic carbocycles. The van der Waals surface area contributed by atoms with Crippen LogP contribution in [0.4, 0.5) is 4.79 Å². The van der Waals surface area contributed by atoms with Crippen LogP contribution in [0.25, 0.3) is 10.4 Å². The van der Waals surface area contributed by atoms with Gasteiger partial charge in [-0.3, -0.25) is 0 Å². The minimum absolute atomic E-state index is 0.105. The van der Waals surface area contributed by atoms with Crippen LogP contribution in [0.5, 0.6) is 0 Å². The average molecular weight is 293 g/mol. The van der Waals surface area contributed by atoms with E-state index in [0.29, 0.717) is 19.5 Å². The second kappa shape index (κ2) is 6.01.